The lowest BCUT2D eigenvalue weighted by Gasteiger charge is -2.23. The molecule has 21 heavy (non-hydrogen) atoms. The predicted octanol–water partition coefficient (Wildman–Crippen LogP) is 0.0788. The lowest BCUT2D eigenvalue weighted by atomic mass is 10.1. The van der Waals surface area contributed by atoms with E-state index >= 15 is 0 Å². The number of hydrogen-bond acceptors (Lipinski definition) is 2. The fourth-order valence-corrected chi connectivity index (χ4v) is 1.97. The van der Waals surface area contributed by atoms with Crippen molar-refractivity contribution in [3.8, 4) is 0 Å². The molecule has 1 rings (SSSR count). The number of amides is 2. The van der Waals surface area contributed by atoms with E-state index in [2.05, 4.69) is 5.32 Å². The molecule has 0 aliphatic heterocycles. The van der Waals surface area contributed by atoms with E-state index in [1.54, 1.807) is 11.9 Å². The van der Waals surface area contributed by atoms with Gasteiger partial charge in [-0.1, -0.05) is 18.2 Å². The molecule has 0 saturated heterocycles. The number of hydrogen-bond donors (Lipinski definition) is 2. The third-order valence-corrected chi connectivity index (χ3v) is 2.95. The number of anilines is 1. The average molecular weight is 292 g/mol. The van der Waals surface area contributed by atoms with Gasteiger partial charge < -0.3 is 15.1 Å². The van der Waals surface area contributed by atoms with Crippen molar-refractivity contribution in [3.63, 3.8) is 0 Å². The summed E-state index contributed by atoms with van der Waals surface area (Å²) in [7, 11) is 3.60. The van der Waals surface area contributed by atoms with Crippen LogP contribution in [0.1, 0.15) is 20.8 Å². The van der Waals surface area contributed by atoms with Gasteiger partial charge in [0.15, 0.2) is 13.1 Å². The summed E-state index contributed by atoms with van der Waals surface area (Å²) < 4.78 is 0. The molecule has 1 aromatic carbocycles. The summed E-state index contributed by atoms with van der Waals surface area (Å²) >= 11 is 0. The molecule has 0 bridgehead atoms. The minimum Gasteiger partial charge on any atom is -0.347 e. The van der Waals surface area contributed by atoms with Crippen LogP contribution in [0.5, 0.6) is 0 Å². The van der Waals surface area contributed by atoms with Crippen LogP contribution in [0, 0.1) is 0 Å². The molecule has 0 heterocycles. The van der Waals surface area contributed by atoms with Crippen LogP contribution < -0.4 is 15.1 Å². The Hall–Kier alpha value is -1.88. The second kappa shape index (κ2) is 7.22. The molecule has 1 atom stereocenters. The predicted molar refractivity (Wildman–Crippen MR) is 84.4 cm³/mol. The van der Waals surface area contributed by atoms with Gasteiger partial charge in [-0.3, -0.25) is 9.59 Å². The molecule has 5 nitrogen and oxygen atoms in total. The van der Waals surface area contributed by atoms with Crippen LogP contribution in [0.2, 0.25) is 0 Å². The number of carbonyl (C=O) groups is 2. The molecule has 0 aliphatic carbocycles. The smallest absolute Gasteiger partial charge is 0.281 e. The highest BCUT2D eigenvalue weighted by Crippen LogP contribution is 2.10. The maximum Gasteiger partial charge on any atom is 0.281 e. The minimum absolute atomic E-state index is 0.0118. The lowest BCUT2D eigenvalue weighted by molar-refractivity contribution is -0.862. The molecule has 1 aromatic rings. The highest BCUT2D eigenvalue weighted by atomic mass is 16.2. The van der Waals surface area contributed by atoms with Crippen molar-refractivity contribution in [2.45, 2.75) is 26.3 Å². The maximum absolute atomic E-state index is 12.2. The Morgan fingerprint density at radius 1 is 1.14 bits per heavy atom. The molecule has 116 valence electrons. The van der Waals surface area contributed by atoms with Gasteiger partial charge >= 0.3 is 0 Å². The zero-order valence-corrected chi connectivity index (χ0v) is 13.6. The van der Waals surface area contributed by atoms with Crippen molar-refractivity contribution in [3.05, 3.63) is 30.3 Å². The number of rotatable bonds is 5. The molecule has 0 spiro atoms. The van der Waals surface area contributed by atoms with Crippen LogP contribution in [0.4, 0.5) is 5.69 Å². The highest BCUT2D eigenvalue weighted by Gasteiger charge is 2.20. The third kappa shape index (κ3) is 6.40. The van der Waals surface area contributed by atoms with Crippen LogP contribution in [0.15, 0.2) is 30.3 Å². The van der Waals surface area contributed by atoms with Crippen LogP contribution in [-0.4, -0.2) is 44.5 Å². The number of benzene rings is 1. The average Bonchev–Trinajstić information content (AvgIpc) is 2.36. The van der Waals surface area contributed by atoms with Crippen LogP contribution in [0.3, 0.4) is 0 Å². The minimum atomic E-state index is -0.248. The van der Waals surface area contributed by atoms with Gasteiger partial charge in [-0.15, -0.1) is 0 Å². The van der Waals surface area contributed by atoms with Gasteiger partial charge in [-0.2, -0.15) is 0 Å². The number of carbonyl (C=O) groups excluding carboxylic acids is 2. The van der Waals surface area contributed by atoms with E-state index in [0.29, 0.717) is 0 Å². The summed E-state index contributed by atoms with van der Waals surface area (Å²) in [5.41, 5.74) is 0.608. The lowest BCUT2D eigenvalue weighted by Crippen LogP contribution is -3.11. The van der Waals surface area contributed by atoms with Crippen LogP contribution >= 0.6 is 0 Å². The molecule has 0 fully saturated rings. The Morgan fingerprint density at radius 3 is 2.24 bits per heavy atom. The maximum atomic E-state index is 12.2. The third-order valence-electron chi connectivity index (χ3n) is 2.95. The second-order valence-corrected chi connectivity index (χ2v) is 6.40. The van der Waals surface area contributed by atoms with Gasteiger partial charge in [0.05, 0.1) is 7.05 Å². The largest absolute Gasteiger partial charge is 0.347 e. The molecule has 5 heteroatoms. The van der Waals surface area contributed by atoms with Gasteiger partial charge in [0.25, 0.3) is 11.8 Å². The number of nitrogens with one attached hydrogen (secondary N) is 2. The van der Waals surface area contributed by atoms with Gasteiger partial charge in [0.1, 0.15) is 0 Å². The first-order valence-corrected chi connectivity index (χ1v) is 7.13. The van der Waals surface area contributed by atoms with Crippen LogP contribution in [0.25, 0.3) is 0 Å². The van der Waals surface area contributed by atoms with E-state index in [0.717, 1.165) is 10.6 Å². The van der Waals surface area contributed by atoms with E-state index in [1.807, 2.05) is 58.2 Å². The zero-order valence-electron chi connectivity index (χ0n) is 13.6. The van der Waals surface area contributed by atoms with Gasteiger partial charge in [0.2, 0.25) is 0 Å². The molecule has 2 N–H and O–H groups in total. The summed E-state index contributed by atoms with van der Waals surface area (Å²) in [6, 6.07) is 9.48. The fraction of sp³-hybridized carbons (Fsp3) is 0.500. The molecule has 2 amide bonds. The Labute approximate surface area is 126 Å². The molecule has 0 radical (unpaired) electrons. The van der Waals surface area contributed by atoms with E-state index < -0.39 is 0 Å². The Morgan fingerprint density at radius 2 is 1.71 bits per heavy atom. The first-order valence-electron chi connectivity index (χ1n) is 7.13. The Kier molecular flexibility index (Phi) is 5.90. The van der Waals surface area contributed by atoms with Crippen molar-refractivity contribution in [2.24, 2.45) is 0 Å². The van der Waals surface area contributed by atoms with E-state index in [-0.39, 0.29) is 30.4 Å². The number of quaternary nitrogens is 1. The van der Waals surface area contributed by atoms with Crippen LogP contribution in [-0.2, 0) is 9.59 Å². The van der Waals surface area contributed by atoms with E-state index in [9.17, 15) is 9.59 Å². The standard InChI is InChI=1S/C16H25N3O2/c1-16(2,3)17-14(20)11-18(4)12-15(21)19(5)13-9-7-6-8-10-13/h6-10H,11-12H2,1-5H3,(H,17,20)/p+1. The Bertz CT molecular complexity index is 480. The summed E-state index contributed by atoms with van der Waals surface area (Å²) in [6.45, 7) is 6.38. The number of nitrogens with zero attached hydrogens (tertiary/aromatic N) is 1. The second-order valence-electron chi connectivity index (χ2n) is 6.40. The molecule has 1 unspecified atom stereocenters. The monoisotopic (exact) mass is 292 g/mol. The SMILES string of the molecule is CN(C(=O)C[NH+](C)CC(=O)NC(C)(C)C)c1ccccc1. The normalized spacial score (nSPS) is 12.6. The summed E-state index contributed by atoms with van der Waals surface area (Å²) in [6.07, 6.45) is 0. The van der Waals surface area contributed by atoms with Crippen molar-refractivity contribution in [2.75, 3.05) is 32.1 Å². The quantitative estimate of drug-likeness (QED) is 0.807. The first-order chi connectivity index (χ1) is 9.69. The van der Waals surface area contributed by atoms with E-state index in [4.69, 9.17) is 0 Å². The first kappa shape index (κ1) is 17.2. The summed E-state index contributed by atoms with van der Waals surface area (Å²) in [4.78, 5) is 26.5. The zero-order chi connectivity index (χ0) is 16.0. The van der Waals surface area contributed by atoms with Crippen molar-refractivity contribution >= 4 is 17.5 Å². The van der Waals surface area contributed by atoms with Crippen molar-refractivity contribution in [1.29, 1.82) is 0 Å². The molecule has 0 saturated carbocycles. The summed E-state index contributed by atoms with van der Waals surface area (Å²) in [5.74, 6) is -0.0579. The Balaban J connectivity index is 2.49. The fourth-order valence-electron chi connectivity index (χ4n) is 1.97. The topological polar surface area (TPSA) is 53.9 Å². The van der Waals surface area contributed by atoms with Crippen molar-refractivity contribution in [1.82, 2.24) is 5.32 Å². The van der Waals surface area contributed by atoms with Gasteiger partial charge in [-0.25, -0.2) is 0 Å². The molecule has 0 aromatic heterocycles. The van der Waals surface area contributed by atoms with Gasteiger partial charge in [0, 0.05) is 18.3 Å². The van der Waals surface area contributed by atoms with E-state index in [1.165, 1.54) is 0 Å². The molecular formula is C16H26N3O2+. The van der Waals surface area contributed by atoms with Gasteiger partial charge in [-0.05, 0) is 32.9 Å². The number of para-hydroxylation sites is 1. The molecule has 0 aliphatic rings. The van der Waals surface area contributed by atoms with Crippen molar-refractivity contribution < 1.29 is 14.5 Å². The molecular weight excluding hydrogens is 266 g/mol. The number of likely N-dealkylation sites (N-methyl/N-ethyl adjacent to an activating group) is 2. The summed E-state index contributed by atoms with van der Waals surface area (Å²) in [5, 5.41) is 2.90. The highest BCUT2D eigenvalue weighted by molar-refractivity contribution is 5.93.